The monoisotopic (exact) mass is 368 g/mol. The van der Waals surface area contributed by atoms with Crippen molar-refractivity contribution in [3.05, 3.63) is 51.5 Å². The van der Waals surface area contributed by atoms with Crippen LogP contribution >= 0.6 is 15.9 Å². The van der Waals surface area contributed by atoms with Gasteiger partial charge in [0.2, 0.25) is 0 Å². The molecule has 0 bridgehead atoms. The Labute approximate surface area is 133 Å². The highest BCUT2D eigenvalue weighted by Crippen LogP contribution is 2.28. The third-order valence-electron chi connectivity index (χ3n) is 3.06. The standard InChI is InChI=1S/C15H17BrN2O2S/c1-9-4-10(2)6-12(5-9)18-21(19,20)15-8-14(17)13(16)7-11(15)3/h4-8,18H,17H2,1-3H3. The molecule has 112 valence electrons. The Bertz CT molecular complexity index is 781. The van der Waals surface area contributed by atoms with Crippen LogP contribution in [0.25, 0.3) is 0 Å². The molecule has 0 aliphatic carbocycles. The van der Waals surface area contributed by atoms with E-state index in [0.29, 0.717) is 21.4 Å². The Balaban J connectivity index is 2.45. The average Bonchev–Trinajstić information content (AvgIpc) is 2.31. The van der Waals surface area contributed by atoms with Gasteiger partial charge < -0.3 is 5.73 Å². The van der Waals surface area contributed by atoms with E-state index in [0.717, 1.165) is 11.1 Å². The highest BCUT2D eigenvalue weighted by Gasteiger charge is 2.18. The fourth-order valence-electron chi connectivity index (χ4n) is 2.20. The minimum atomic E-state index is -3.67. The highest BCUT2D eigenvalue weighted by atomic mass is 79.9. The molecular weight excluding hydrogens is 352 g/mol. The van der Waals surface area contributed by atoms with E-state index in [1.165, 1.54) is 6.07 Å². The van der Waals surface area contributed by atoms with Crippen molar-refractivity contribution in [1.82, 2.24) is 0 Å². The van der Waals surface area contributed by atoms with Crippen LogP contribution in [0.4, 0.5) is 11.4 Å². The number of hydrogen-bond donors (Lipinski definition) is 2. The molecule has 0 spiro atoms. The molecule has 0 amide bonds. The number of anilines is 2. The number of hydrogen-bond acceptors (Lipinski definition) is 3. The molecule has 4 nitrogen and oxygen atoms in total. The fourth-order valence-corrected chi connectivity index (χ4v) is 3.96. The predicted octanol–water partition coefficient (Wildman–Crippen LogP) is 3.76. The quantitative estimate of drug-likeness (QED) is 0.810. The smallest absolute Gasteiger partial charge is 0.262 e. The summed E-state index contributed by atoms with van der Waals surface area (Å²) in [6, 6.07) is 8.74. The Morgan fingerprint density at radius 2 is 1.57 bits per heavy atom. The highest BCUT2D eigenvalue weighted by molar-refractivity contribution is 9.10. The summed E-state index contributed by atoms with van der Waals surface area (Å²) in [5, 5.41) is 0. The third kappa shape index (κ3) is 3.57. The summed E-state index contributed by atoms with van der Waals surface area (Å²) >= 11 is 3.29. The molecule has 0 aliphatic rings. The van der Waals surface area contributed by atoms with Gasteiger partial charge in [0.15, 0.2) is 0 Å². The lowest BCUT2D eigenvalue weighted by Gasteiger charge is -2.13. The zero-order valence-corrected chi connectivity index (χ0v) is 14.5. The first-order valence-corrected chi connectivity index (χ1v) is 8.63. The summed E-state index contributed by atoms with van der Waals surface area (Å²) in [7, 11) is -3.67. The van der Waals surface area contributed by atoms with E-state index in [9.17, 15) is 8.42 Å². The summed E-state index contributed by atoms with van der Waals surface area (Å²) in [6.45, 7) is 5.58. The minimum Gasteiger partial charge on any atom is -0.398 e. The van der Waals surface area contributed by atoms with Crippen molar-refractivity contribution in [2.75, 3.05) is 10.5 Å². The Kier molecular flexibility index (Phi) is 4.30. The van der Waals surface area contributed by atoms with E-state index in [1.54, 1.807) is 25.1 Å². The van der Waals surface area contributed by atoms with Crippen LogP contribution in [0.2, 0.25) is 0 Å². The van der Waals surface area contributed by atoms with Gasteiger partial charge >= 0.3 is 0 Å². The van der Waals surface area contributed by atoms with Crippen molar-refractivity contribution in [2.45, 2.75) is 25.7 Å². The number of aryl methyl sites for hydroxylation is 3. The summed E-state index contributed by atoms with van der Waals surface area (Å²) in [4.78, 5) is 0.183. The van der Waals surface area contributed by atoms with Gasteiger partial charge in [-0.3, -0.25) is 4.72 Å². The maximum absolute atomic E-state index is 12.5. The van der Waals surface area contributed by atoms with Gasteiger partial charge in [-0.15, -0.1) is 0 Å². The number of rotatable bonds is 3. The molecule has 0 radical (unpaired) electrons. The van der Waals surface area contributed by atoms with Crippen molar-refractivity contribution < 1.29 is 8.42 Å². The molecule has 2 aromatic rings. The lowest BCUT2D eigenvalue weighted by atomic mass is 10.1. The maximum Gasteiger partial charge on any atom is 0.262 e. The zero-order chi connectivity index (χ0) is 15.8. The van der Waals surface area contributed by atoms with Gasteiger partial charge in [-0.2, -0.15) is 0 Å². The second-order valence-electron chi connectivity index (χ2n) is 5.12. The molecule has 0 aliphatic heterocycles. The van der Waals surface area contributed by atoms with Crippen LogP contribution in [0.15, 0.2) is 39.7 Å². The largest absolute Gasteiger partial charge is 0.398 e. The number of halogens is 1. The Morgan fingerprint density at radius 1 is 1.00 bits per heavy atom. The second-order valence-corrected chi connectivity index (χ2v) is 7.63. The molecule has 0 unspecified atom stereocenters. The number of nitrogen functional groups attached to an aromatic ring is 1. The molecule has 0 saturated carbocycles. The van der Waals surface area contributed by atoms with Crippen LogP contribution in [0.1, 0.15) is 16.7 Å². The molecule has 6 heteroatoms. The summed E-state index contributed by atoms with van der Waals surface area (Å²) in [5.41, 5.74) is 9.36. The summed E-state index contributed by atoms with van der Waals surface area (Å²) in [5.74, 6) is 0. The van der Waals surface area contributed by atoms with Gasteiger partial charge in [0, 0.05) is 15.8 Å². The number of nitrogens with two attached hydrogens (primary N) is 1. The lowest BCUT2D eigenvalue weighted by Crippen LogP contribution is -2.15. The van der Waals surface area contributed by atoms with Crippen molar-refractivity contribution in [3.8, 4) is 0 Å². The van der Waals surface area contributed by atoms with E-state index in [1.807, 2.05) is 19.9 Å². The van der Waals surface area contributed by atoms with Gasteiger partial charge in [-0.1, -0.05) is 6.07 Å². The molecular formula is C15H17BrN2O2S. The lowest BCUT2D eigenvalue weighted by molar-refractivity contribution is 0.600. The number of benzene rings is 2. The third-order valence-corrected chi connectivity index (χ3v) is 5.27. The van der Waals surface area contributed by atoms with Gasteiger partial charge in [-0.25, -0.2) is 8.42 Å². The average molecular weight is 369 g/mol. The van der Waals surface area contributed by atoms with Crippen LogP contribution < -0.4 is 10.5 Å². The molecule has 0 fully saturated rings. The molecule has 2 rings (SSSR count). The molecule has 0 saturated heterocycles. The van der Waals surface area contributed by atoms with Crippen LogP contribution in [0.3, 0.4) is 0 Å². The molecule has 0 atom stereocenters. The van der Waals surface area contributed by atoms with E-state index >= 15 is 0 Å². The van der Waals surface area contributed by atoms with Gasteiger partial charge in [0.25, 0.3) is 10.0 Å². The first kappa shape index (κ1) is 15.9. The van der Waals surface area contributed by atoms with Crippen molar-refractivity contribution in [3.63, 3.8) is 0 Å². The maximum atomic E-state index is 12.5. The molecule has 0 heterocycles. The normalized spacial score (nSPS) is 11.4. The Morgan fingerprint density at radius 3 is 2.14 bits per heavy atom. The minimum absolute atomic E-state index is 0.183. The van der Waals surface area contributed by atoms with Crippen LogP contribution in [-0.2, 0) is 10.0 Å². The molecule has 0 aromatic heterocycles. The van der Waals surface area contributed by atoms with Crippen LogP contribution in [0, 0.1) is 20.8 Å². The van der Waals surface area contributed by atoms with Crippen molar-refractivity contribution in [1.29, 1.82) is 0 Å². The van der Waals surface area contributed by atoms with E-state index in [4.69, 9.17) is 5.73 Å². The SMILES string of the molecule is Cc1cc(C)cc(NS(=O)(=O)c2cc(N)c(Br)cc2C)c1. The topological polar surface area (TPSA) is 72.2 Å². The van der Waals surface area contributed by atoms with Crippen molar-refractivity contribution in [2.24, 2.45) is 0 Å². The predicted molar refractivity (Wildman–Crippen MR) is 90.0 cm³/mol. The van der Waals surface area contributed by atoms with E-state index < -0.39 is 10.0 Å². The van der Waals surface area contributed by atoms with Crippen LogP contribution in [0.5, 0.6) is 0 Å². The molecule has 21 heavy (non-hydrogen) atoms. The van der Waals surface area contributed by atoms with Crippen LogP contribution in [-0.4, -0.2) is 8.42 Å². The van der Waals surface area contributed by atoms with Gasteiger partial charge in [0.05, 0.1) is 4.90 Å². The number of sulfonamides is 1. The first-order valence-electron chi connectivity index (χ1n) is 6.36. The van der Waals surface area contributed by atoms with Crippen molar-refractivity contribution >= 4 is 37.3 Å². The second kappa shape index (κ2) is 5.69. The number of nitrogens with one attached hydrogen (secondary N) is 1. The summed E-state index contributed by atoms with van der Waals surface area (Å²) in [6.07, 6.45) is 0. The van der Waals surface area contributed by atoms with Gasteiger partial charge in [-0.05, 0) is 77.7 Å². The van der Waals surface area contributed by atoms with E-state index in [-0.39, 0.29) is 4.90 Å². The van der Waals surface area contributed by atoms with E-state index in [2.05, 4.69) is 20.7 Å². The first-order chi connectivity index (χ1) is 9.69. The fraction of sp³-hybridized carbons (Fsp3) is 0.200. The Hall–Kier alpha value is -1.53. The summed E-state index contributed by atoms with van der Waals surface area (Å²) < 4.78 is 28.3. The zero-order valence-electron chi connectivity index (χ0n) is 12.1. The van der Waals surface area contributed by atoms with Gasteiger partial charge in [0.1, 0.15) is 0 Å². The molecule has 2 aromatic carbocycles. The molecule has 3 N–H and O–H groups in total.